The van der Waals surface area contributed by atoms with E-state index in [9.17, 15) is 9.59 Å². The molecule has 0 amide bonds. The van der Waals surface area contributed by atoms with Crippen LogP contribution in [0.15, 0.2) is 46.5 Å². The summed E-state index contributed by atoms with van der Waals surface area (Å²) >= 11 is 2.93. The Kier molecular flexibility index (Phi) is 5.57. The summed E-state index contributed by atoms with van der Waals surface area (Å²) in [5, 5.41) is 6.30. The normalized spacial score (nSPS) is 10.4. The van der Waals surface area contributed by atoms with E-state index in [2.05, 4.69) is 4.98 Å². The molecule has 0 aliphatic heterocycles. The van der Waals surface area contributed by atoms with E-state index in [0.29, 0.717) is 17.9 Å². The lowest BCUT2D eigenvalue weighted by Crippen LogP contribution is -2.14. The second kappa shape index (κ2) is 8.04. The van der Waals surface area contributed by atoms with Crippen LogP contribution in [-0.4, -0.2) is 30.0 Å². The van der Waals surface area contributed by atoms with Crippen LogP contribution in [0.5, 0.6) is 5.75 Å². The van der Waals surface area contributed by atoms with Gasteiger partial charge in [0.25, 0.3) is 0 Å². The first-order valence-electron chi connectivity index (χ1n) is 7.58. The first kappa shape index (κ1) is 17.3. The average Bonchev–Trinajstić information content (AvgIpc) is 3.31. The number of carbonyl (C=O) groups excluding carboxylic acids is 2. The number of nitrogens with zero attached hydrogens (tertiary/aromatic N) is 1. The standard InChI is InChI=1S/C18H15NO4S2/c1-2-22-14-5-3-12(4-6-14)16(20)9-23-18(21)15-11-25-17(19-15)13-7-8-24-10-13/h3-8,10-11H,2,9H2,1H3. The molecule has 0 spiro atoms. The molecular weight excluding hydrogens is 358 g/mol. The number of hydrogen-bond acceptors (Lipinski definition) is 7. The quantitative estimate of drug-likeness (QED) is 0.456. The minimum atomic E-state index is -0.600. The fraction of sp³-hybridized carbons (Fsp3) is 0.167. The van der Waals surface area contributed by atoms with Gasteiger partial charge in [-0.25, -0.2) is 9.78 Å². The maximum Gasteiger partial charge on any atom is 0.358 e. The molecule has 0 radical (unpaired) electrons. The lowest BCUT2D eigenvalue weighted by molar-refractivity contribution is 0.0470. The van der Waals surface area contributed by atoms with Crippen LogP contribution in [0.3, 0.4) is 0 Å². The van der Waals surface area contributed by atoms with E-state index < -0.39 is 5.97 Å². The summed E-state index contributed by atoms with van der Waals surface area (Å²) in [6.07, 6.45) is 0. The van der Waals surface area contributed by atoms with Crippen molar-refractivity contribution in [1.82, 2.24) is 4.98 Å². The molecule has 128 valence electrons. The van der Waals surface area contributed by atoms with Gasteiger partial charge in [0.05, 0.1) is 6.61 Å². The molecule has 0 fully saturated rings. The highest BCUT2D eigenvalue weighted by Gasteiger charge is 2.16. The summed E-state index contributed by atoms with van der Waals surface area (Å²) in [4.78, 5) is 28.4. The first-order chi connectivity index (χ1) is 12.2. The third-order valence-corrected chi connectivity index (χ3v) is 4.88. The van der Waals surface area contributed by atoms with E-state index in [4.69, 9.17) is 9.47 Å². The molecule has 0 saturated heterocycles. The zero-order valence-electron chi connectivity index (χ0n) is 13.4. The van der Waals surface area contributed by atoms with Gasteiger partial charge in [-0.3, -0.25) is 4.79 Å². The van der Waals surface area contributed by atoms with Crippen LogP contribution in [0.2, 0.25) is 0 Å². The molecule has 0 aliphatic rings. The molecular formula is C18H15NO4S2. The molecule has 0 N–H and O–H groups in total. The summed E-state index contributed by atoms with van der Waals surface area (Å²) in [6.45, 7) is 2.13. The first-order valence-corrected chi connectivity index (χ1v) is 9.41. The van der Waals surface area contributed by atoms with Crippen molar-refractivity contribution in [3.8, 4) is 16.3 Å². The van der Waals surface area contributed by atoms with Gasteiger partial charge in [-0.05, 0) is 42.6 Å². The predicted octanol–water partition coefficient (Wildman–Crippen LogP) is 4.31. The van der Waals surface area contributed by atoms with E-state index in [1.54, 1.807) is 41.0 Å². The Morgan fingerprint density at radius 2 is 1.92 bits per heavy atom. The summed E-state index contributed by atoms with van der Waals surface area (Å²) in [5.41, 5.74) is 1.65. The van der Waals surface area contributed by atoms with Crippen molar-refractivity contribution in [3.63, 3.8) is 0 Å². The van der Waals surface area contributed by atoms with Gasteiger partial charge < -0.3 is 9.47 Å². The molecule has 3 aromatic rings. The van der Waals surface area contributed by atoms with Gasteiger partial charge in [-0.2, -0.15) is 11.3 Å². The van der Waals surface area contributed by atoms with Crippen molar-refractivity contribution in [2.45, 2.75) is 6.92 Å². The number of rotatable bonds is 7. The van der Waals surface area contributed by atoms with Crippen LogP contribution < -0.4 is 4.74 Å². The molecule has 0 atom stereocenters. The Bertz CT molecular complexity index is 854. The minimum Gasteiger partial charge on any atom is -0.494 e. The third-order valence-electron chi connectivity index (χ3n) is 3.30. The highest BCUT2D eigenvalue weighted by molar-refractivity contribution is 7.14. The molecule has 1 aromatic carbocycles. The number of hydrogen-bond donors (Lipinski definition) is 0. The van der Waals surface area contributed by atoms with Crippen molar-refractivity contribution in [2.75, 3.05) is 13.2 Å². The molecule has 25 heavy (non-hydrogen) atoms. The zero-order chi connectivity index (χ0) is 17.6. The van der Waals surface area contributed by atoms with Crippen molar-refractivity contribution in [2.24, 2.45) is 0 Å². The minimum absolute atomic E-state index is 0.214. The number of Topliss-reactive ketones (excluding diaryl/α,β-unsaturated/α-hetero) is 1. The van der Waals surface area contributed by atoms with Crippen molar-refractivity contribution >= 4 is 34.4 Å². The largest absolute Gasteiger partial charge is 0.494 e. The summed E-state index contributed by atoms with van der Waals surface area (Å²) in [5.74, 6) is -0.179. The van der Waals surface area contributed by atoms with Gasteiger partial charge in [0.2, 0.25) is 0 Å². The second-order valence-corrected chi connectivity index (χ2v) is 6.64. The molecule has 0 saturated carbocycles. The average molecular weight is 373 g/mol. The molecule has 7 heteroatoms. The van der Waals surface area contributed by atoms with Crippen molar-refractivity contribution in [3.05, 3.63) is 57.7 Å². The number of thiophene rings is 1. The van der Waals surface area contributed by atoms with Crippen LogP contribution in [-0.2, 0) is 4.74 Å². The second-order valence-electron chi connectivity index (χ2n) is 5.01. The van der Waals surface area contributed by atoms with Gasteiger partial charge in [0, 0.05) is 21.9 Å². The maximum absolute atomic E-state index is 12.1. The van der Waals surface area contributed by atoms with Crippen LogP contribution in [0.1, 0.15) is 27.8 Å². The number of carbonyl (C=O) groups is 2. The van der Waals surface area contributed by atoms with Gasteiger partial charge in [-0.15, -0.1) is 11.3 Å². The smallest absolute Gasteiger partial charge is 0.358 e. The number of ketones is 1. The van der Waals surface area contributed by atoms with Crippen LogP contribution >= 0.6 is 22.7 Å². The maximum atomic E-state index is 12.1. The van der Waals surface area contributed by atoms with Gasteiger partial charge >= 0.3 is 5.97 Å². The van der Waals surface area contributed by atoms with Gasteiger partial charge in [0.15, 0.2) is 18.1 Å². The van der Waals surface area contributed by atoms with Crippen molar-refractivity contribution in [1.29, 1.82) is 0 Å². The molecule has 2 heterocycles. The van der Waals surface area contributed by atoms with E-state index in [0.717, 1.165) is 10.6 Å². The molecule has 2 aromatic heterocycles. The van der Waals surface area contributed by atoms with Crippen molar-refractivity contribution < 1.29 is 19.1 Å². The highest BCUT2D eigenvalue weighted by Crippen LogP contribution is 2.25. The van der Waals surface area contributed by atoms with Gasteiger partial charge in [0.1, 0.15) is 10.8 Å². The Balaban J connectivity index is 1.57. The van der Waals surface area contributed by atoms with E-state index in [-0.39, 0.29) is 18.1 Å². The number of ether oxygens (including phenoxy) is 2. The van der Waals surface area contributed by atoms with Crippen LogP contribution in [0, 0.1) is 0 Å². The lowest BCUT2D eigenvalue weighted by Gasteiger charge is -2.05. The molecule has 0 unspecified atom stereocenters. The molecule has 3 rings (SSSR count). The molecule has 0 aliphatic carbocycles. The summed E-state index contributed by atoms with van der Waals surface area (Å²) in [6, 6.07) is 8.67. The SMILES string of the molecule is CCOc1ccc(C(=O)COC(=O)c2csc(-c3ccsc3)n2)cc1. The monoisotopic (exact) mass is 373 g/mol. The summed E-state index contributed by atoms with van der Waals surface area (Å²) < 4.78 is 10.4. The number of esters is 1. The van der Waals surface area contributed by atoms with Gasteiger partial charge in [-0.1, -0.05) is 0 Å². The Labute approximate surface area is 152 Å². The van der Waals surface area contributed by atoms with E-state index >= 15 is 0 Å². The molecule has 5 nitrogen and oxygen atoms in total. The topological polar surface area (TPSA) is 65.5 Å². The predicted molar refractivity (Wildman–Crippen MR) is 97.7 cm³/mol. The Morgan fingerprint density at radius 1 is 1.12 bits per heavy atom. The Hall–Kier alpha value is -2.51. The third kappa shape index (κ3) is 4.32. The number of benzene rings is 1. The zero-order valence-corrected chi connectivity index (χ0v) is 15.1. The fourth-order valence-electron chi connectivity index (χ4n) is 2.08. The Morgan fingerprint density at radius 3 is 2.60 bits per heavy atom. The lowest BCUT2D eigenvalue weighted by atomic mass is 10.1. The number of thiazole rings is 1. The molecule has 0 bridgehead atoms. The fourth-order valence-corrected chi connectivity index (χ4v) is 3.58. The van der Waals surface area contributed by atoms with E-state index in [1.165, 1.54) is 11.3 Å². The number of aromatic nitrogens is 1. The highest BCUT2D eigenvalue weighted by atomic mass is 32.1. The van der Waals surface area contributed by atoms with E-state index in [1.807, 2.05) is 23.8 Å². The van der Waals surface area contributed by atoms with Crippen LogP contribution in [0.25, 0.3) is 10.6 Å². The summed E-state index contributed by atoms with van der Waals surface area (Å²) in [7, 11) is 0. The van der Waals surface area contributed by atoms with Crippen LogP contribution in [0.4, 0.5) is 0 Å².